The van der Waals surface area contributed by atoms with Gasteiger partial charge in [0.15, 0.2) is 5.69 Å². The Labute approximate surface area is 129 Å². The zero-order valence-electron chi connectivity index (χ0n) is 12.7. The lowest BCUT2D eigenvalue weighted by Gasteiger charge is -2.32. The molecule has 0 aliphatic carbocycles. The van der Waals surface area contributed by atoms with Crippen molar-refractivity contribution >= 4 is 18.1 Å². The molecule has 1 aromatic rings. The van der Waals surface area contributed by atoms with Gasteiger partial charge in [-0.2, -0.15) is 0 Å². The number of carbonyl (C=O) groups excluding carboxylic acids is 2. The highest BCUT2D eigenvalue weighted by Gasteiger charge is 2.22. The summed E-state index contributed by atoms with van der Waals surface area (Å²) in [7, 11) is 1.66. The lowest BCUT2D eigenvalue weighted by atomic mass is 10.2. The first-order valence-electron chi connectivity index (χ1n) is 7.29. The van der Waals surface area contributed by atoms with Crippen LogP contribution in [-0.4, -0.2) is 78.8 Å². The molecule has 0 aromatic carbocycles. The first kappa shape index (κ1) is 16.2. The van der Waals surface area contributed by atoms with Crippen molar-refractivity contribution in [2.24, 2.45) is 0 Å². The molecular weight excluding hydrogens is 286 g/mol. The van der Waals surface area contributed by atoms with E-state index >= 15 is 0 Å². The third-order valence-corrected chi connectivity index (χ3v) is 3.47. The number of hydrogen-bond donors (Lipinski definition) is 1. The summed E-state index contributed by atoms with van der Waals surface area (Å²) in [5.74, 6) is 0.488. The molecule has 0 radical (unpaired) electrons. The van der Waals surface area contributed by atoms with Gasteiger partial charge in [0.2, 0.25) is 6.41 Å². The molecule has 2 amide bonds. The minimum absolute atomic E-state index is 0.149. The van der Waals surface area contributed by atoms with Crippen LogP contribution in [0.15, 0.2) is 12.1 Å². The first-order valence-corrected chi connectivity index (χ1v) is 7.29. The maximum Gasteiger partial charge on any atom is 0.274 e. The standard InChI is InChI=1S/C14H21N5O3/c1-22-10-2-5-15-13-4-3-12(16-17-13)14(21)19-8-6-18(11-20)7-9-19/h3-4,11H,2,5-10H2,1H3,(H,15,17). The molecule has 1 saturated heterocycles. The van der Waals surface area contributed by atoms with Gasteiger partial charge < -0.3 is 19.9 Å². The molecule has 0 spiro atoms. The molecule has 2 rings (SSSR count). The van der Waals surface area contributed by atoms with Gasteiger partial charge in [0.05, 0.1) is 0 Å². The van der Waals surface area contributed by atoms with Gasteiger partial charge in [0.25, 0.3) is 5.91 Å². The largest absolute Gasteiger partial charge is 0.385 e. The fraction of sp³-hybridized carbons (Fsp3) is 0.571. The van der Waals surface area contributed by atoms with Gasteiger partial charge in [-0.15, -0.1) is 10.2 Å². The molecule has 8 nitrogen and oxygen atoms in total. The van der Waals surface area contributed by atoms with Gasteiger partial charge in [0, 0.05) is 46.4 Å². The van der Waals surface area contributed by atoms with Crippen molar-refractivity contribution < 1.29 is 14.3 Å². The van der Waals surface area contributed by atoms with Gasteiger partial charge in [-0.3, -0.25) is 9.59 Å². The van der Waals surface area contributed by atoms with Crippen LogP contribution in [0.25, 0.3) is 0 Å². The lowest BCUT2D eigenvalue weighted by molar-refractivity contribution is -0.119. The SMILES string of the molecule is COCCCNc1ccc(C(=O)N2CCN(C=O)CC2)nn1. The highest BCUT2D eigenvalue weighted by atomic mass is 16.5. The van der Waals surface area contributed by atoms with Crippen molar-refractivity contribution in [3.63, 3.8) is 0 Å². The van der Waals surface area contributed by atoms with Crippen molar-refractivity contribution in [1.29, 1.82) is 0 Å². The molecule has 0 unspecified atom stereocenters. The van der Waals surface area contributed by atoms with Crippen molar-refractivity contribution in [3.8, 4) is 0 Å². The van der Waals surface area contributed by atoms with Gasteiger partial charge in [-0.25, -0.2) is 0 Å². The maximum absolute atomic E-state index is 12.3. The number of ether oxygens (including phenoxy) is 1. The highest BCUT2D eigenvalue weighted by Crippen LogP contribution is 2.08. The summed E-state index contributed by atoms with van der Waals surface area (Å²) in [6.07, 6.45) is 1.69. The van der Waals surface area contributed by atoms with Crippen LogP contribution in [0.4, 0.5) is 5.82 Å². The molecule has 1 aliphatic rings. The quantitative estimate of drug-likeness (QED) is 0.556. The second kappa shape index (κ2) is 8.28. The second-order valence-electron chi connectivity index (χ2n) is 5.01. The number of nitrogens with one attached hydrogen (secondary N) is 1. The summed E-state index contributed by atoms with van der Waals surface area (Å²) in [4.78, 5) is 26.3. The van der Waals surface area contributed by atoms with Crippen LogP contribution in [-0.2, 0) is 9.53 Å². The maximum atomic E-state index is 12.3. The monoisotopic (exact) mass is 307 g/mol. The summed E-state index contributed by atoms with van der Waals surface area (Å²) < 4.78 is 4.96. The molecule has 1 aromatic heterocycles. The Balaban J connectivity index is 1.84. The summed E-state index contributed by atoms with van der Waals surface area (Å²) in [6, 6.07) is 3.41. The summed E-state index contributed by atoms with van der Waals surface area (Å²) >= 11 is 0. The van der Waals surface area contributed by atoms with Gasteiger partial charge >= 0.3 is 0 Å². The molecule has 2 heterocycles. The van der Waals surface area contributed by atoms with Crippen LogP contribution in [0.3, 0.4) is 0 Å². The molecule has 1 N–H and O–H groups in total. The van der Waals surface area contributed by atoms with E-state index in [0.717, 1.165) is 19.4 Å². The van der Waals surface area contributed by atoms with E-state index in [4.69, 9.17) is 4.74 Å². The van der Waals surface area contributed by atoms with E-state index in [2.05, 4.69) is 15.5 Å². The number of amides is 2. The number of piperazine rings is 1. The molecule has 8 heteroatoms. The summed E-state index contributed by atoms with van der Waals surface area (Å²) in [6.45, 7) is 3.59. The number of aromatic nitrogens is 2. The predicted molar refractivity (Wildman–Crippen MR) is 80.6 cm³/mol. The van der Waals surface area contributed by atoms with E-state index in [9.17, 15) is 9.59 Å². The normalized spacial score (nSPS) is 14.8. The molecule has 1 aliphatic heterocycles. The molecular formula is C14H21N5O3. The third kappa shape index (κ3) is 4.39. The zero-order chi connectivity index (χ0) is 15.8. The number of rotatable bonds is 7. The van der Waals surface area contributed by atoms with E-state index in [1.165, 1.54) is 0 Å². The van der Waals surface area contributed by atoms with E-state index in [1.807, 2.05) is 0 Å². The van der Waals surface area contributed by atoms with Gasteiger partial charge in [0.1, 0.15) is 5.82 Å². The number of methoxy groups -OCH3 is 1. The molecule has 22 heavy (non-hydrogen) atoms. The van der Waals surface area contributed by atoms with E-state index in [-0.39, 0.29) is 5.91 Å². The number of hydrogen-bond acceptors (Lipinski definition) is 6. The summed E-state index contributed by atoms with van der Waals surface area (Å²) in [5, 5.41) is 11.1. The van der Waals surface area contributed by atoms with E-state index in [1.54, 1.807) is 29.0 Å². The van der Waals surface area contributed by atoms with Crippen molar-refractivity contribution in [2.75, 3.05) is 51.8 Å². The minimum atomic E-state index is -0.149. The fourth-order valence-electron chi connectivity index (χ4n) is 2.17. The Hall–Kier alpha value is -2.22. The molecule has 0 saturated carbocycles. The number of anilines is 1. The predicted octanol–water partition coefficient (Wildman–Crippen LogP) is -0.161. The average Bonchev–Trinajstić information content (AvgIpc) is 2.59. The number of carbonyl (C=O) groups is 2. The molecule has 0 bridgehead atoms. The third-order valence-electron chi connectivity index (χ3n) is 3.47. The van der Waals surface area contributed by atoms with Crippen LogP contribution in [0.1, 0.15) is 16.9 Å². The van der Waals surface area contributed by atoms with Gasteiger partial charge in [-0.05, 0) is 18.6 Å². The Kier molecular flexibility index (Phi) is 6.08. The number of nitrogens with zero attached hydrogens (tertiary/aromatic N) is 4. The molecule has 0 atom stereocenters. The van der Waals surface area contributed by atoms with E-state index in [0.29, 0.717) is 44.3 Å². The summed E-state index contributed by atoms with van der Waals surface area (Å²) in [5.41, 5.74) is 0.321. The molecule has 1 fully saturated rings. The van der Waals surface area contributed by atoms with Crippen molar-refractivity contribution in [2.45, 2.75) is 6.42 Å². The van der Waals surface area contributed by atoms with Crippen molar-refractivity contribution in [1.82, 2.24) is 20.0 Å². The van der Waals surface area contributed by atoms with Gasteiger partial charge in [-0.1, -0.05) is 0 Å². The highest BCUT2D eigenvalue weighted by molar-refractivity contribution is 5.92. The zero-order valence-corrected chi connectivity index (χ0v) is 12.7. The first-order chi connectivity index (χ1) is 10.7. The Morgan fingerprint density at radius 3 is 2.68 bits per heavy atom. The Bertz CT molecular complexity index is 486. The molecule has 120 valence electrons. The minimum Gasteiger partial charge on any atom is -0.385 e. The van der Waals surface area contributed by atoms with Crippen LogP contribution >= 0.6 is 0 Å². The second-order valence-corrected chi connectivity index (χ2v) is 5.01. The van der Waals surface area contributed by atoms with E-state index < -0.39 is 0 Å². The fourth-order valence-corrected chi connectivity index (χ4v) is 2.17. The van der Waals surface area contributed by atoms with Crippen LogP contribution < -0.4 is 5.32 Å². The smallest absolute Gasteiger partial charge is 0.274 e. The van der Waals surface area contributed by atoms with Crippen LogP contribution in [0.2, 0.25) is 0 Å². The van der Waals surface area contributed by atoms with Crippen molar-refractivity contribution in [3.05, 3.63) is 17.8 Å². The van der Waals surface area contributed by atoms with Crippen LogP contribution in [0.5, 0.6) is 0 Å². The van der Waals surface area contributed by atoms with Crippen LogP contribution in [0, 0.1) is 0 Å². The Morgan fingerprint density at radius 1 is 1.32 bits per heavy atom. The Morgan fingerprint density at radius 2 is 2.09 bits per heavy atom. The topological polar surface area (TPSA) is 87.7 Å². The average molecular weight is 307 g/mol. The lowest BCUT2D eigenvalue weighted by Crippen LogP contribution is -2.48.